The molecule has 0 bridgehead atoms. The number of thioether (sulfide) groups is 1. The largest absolute Gasteiger partial charge is 0.468 e. The van der Waals surface area contributed by atoms with Crippen molar-refractivity contribution in [1.29, 1.82) is 0 Å². The van der Waals surface area contributed by atoms with Gasteiger partial charge >= 0.3 is 5.97 Å². The zero-order valence-electron chi connectivity index (χ0n) is 9.30. The van der Waals surface area contributed by atoms with Crippen LogP contribution in [0.15, 0.2) is 4.42 Å². The molecule has 0 spiro atoms. The van der Waals surface area contributed by atoms with Crippen LogP contribution < -0.4 is 5.73 Å². The Morgan fingerprint density at radius 2 is 2.38 bits per heavy atom. The summed E-state index contributed by atoms with van der Waals surface area (Å²) in [5.41, 5.74) is 5.57. The molecule has 7 heteroatoms. The number of rotatable bonds is 6. The SMILES string of the molecule is COC(=O)C(N)CCSCc1nnc(C)o1. The van der Waals surface area contributed by atoms with Crippen LogP contribution in [0.3, 0.4) is 0 Å². The van der Waals surface area contributed by atoms with E-state index >= 15 is 0 Å². The number of carbonyl (C=O) groups excluding carboxylic acids is 1. The van der Waals surface area contributed by atoms with E-state index in [1.807, 2.05) is 0 Å². The Morgan fingerprint density at radius 3 is 2.94 bits per heavy atom. The van der Waals surface area contributed by atoms with Gasteiger partial charge in [0, 0.05) is 6.92 Å². The summed E-state index contributed by atoms with van der Waals surface area (Å²) >= 11 is 1.59. The second-order valence-corrected chi connectivity index (χ2v) is 4.29. The molecule has 1 heterocycles. The van der Waals surface area contributed by atoms with Gasteiger partial charge in [-0.15, -0.1) is 10.2 Å². The first kappa shape index (κ1) is 13.0. The third kappa shape index (κ3) is 4.19. The molecule has 0 amide bonds. The number of esters is 1. The van der Waals surface area contributed by atoms with E-state index < -0.39 is 6.04 Å². The molecule has 1 aromatic heterocycles. The lowest BCUT2D eigenvalue weighted by Crippen LogP contribution is -2.31. The normalized spacial score (nSPS) is 12.4. The minimum absolute atomic E-state index is 0.380. The van der Waals surface area contributed by atoms with Gasteiger partial charge in [0.05, 0.1) is 12.9 Å². The number of hydrogen-bond donors (Lipinski definition) is 1. The minimum atomic E-state index is -0.554. The second kappa shape index (κ2) is 6.49. The Kier molecular flexibility index (Phi) is 5.27. The fourth-order valence-electron chi connectivity index (χ4n) is 1.03. The highest BCUT2D eigenvalue weighted by Gasteiger charge is 2.13. The lowest BCUT2D eigenvalue weighted by Gasteiger charge is -2.07. The molecule has 0 aliphatic rings. The molecule has 0 saturated heterocycles. The third-order valence-electron chi connectivity index (χ3n) is 1.87. The molecule has 16 heavy (non-hydrogen) atoms. The summed E-state index contributed by atoms with van der Waals surface area (Å²) in [7, 11) is 1.33. The first-order valence-corrected chi connectivity index (χ1v) is 5.99. The van der Waals surface area contributed by atoms with Crippen LogP contribution in [0.4, 0.5) is 0 Å². The summed E-state index contributed by atoms with van der Waals surface area (Å²) in [6, 6.07) is -0.554. The molecule has 1 atom stereocenters. The maximum Gasteiger partial charge on any atom is 0.322 e. The second-order valence-electron chi connectivity index (χ2n) is 3.19. The van der Waals surface area contributed by atoms with Crippen molar-refractivity contribution in [3.8, 4) is 0 Å². The lowest BCUT2D eigenvalue weighted by molar-refractivity contribution is -0.142. The molecular formula is C9H15N3O3S. The molecule has 0 radical (unpaired) electrons. The molecule has 0 saturated carbocycles. The molecule has 2 N–H and O–H groups in total. The molecule has 0 aromatic carbocycles. The van der Waals surface area contributed by atoms with Gasteiger partial charge in [-0.3, -0.25) is 4.79 Å². The quantitative estimate of drug-likeness (QED) is 0.576. The first-order chi connectivity index (χ1) is 7.63. The molecule has 0 aliphatic heterocycles. The predicted molar refractivity (Wildman–Crippen MR) is 59.8 cm³/mol. The van der Waals surface area contributed by atoms with Crippen LogP contribution >= 0.6 is 11.8 Å². The molecule has 6 nitrogen and oxygen atoms in total. The monoisotopic (exact) mass is 245 g/mol. The van der Waals surface area contributed by atoms with Gasteiger partial charge in [0.15, 0.2) is 0 Å². The van der Waals surface area contributed by atoms with Gasteiger partial charge in [-0.25, -0.2) is 0 Å². The zero-order valence-corrected chi connectivity index (χ0v) is 10.1. The number of aryl methyl sites for hydroxylation is 1. The molecular weight excluding hydrogens is 230 g/mol. The molecule has 0 fully saturated rings. The van der Waals surface area contributed by atoms with E-state index in [-0.39, 0.29) is 5.97 Å². The molecule has 1 unspecified atom stereocenters. The topological polar surface area (TPSA) is 91.2 Å². The molecule has 0 aliphatic carbocycles. The van der Waals surface area contributed by atoms with Crippen LogP contribution in [0, 0.1) is 6.92 Å². The number of nitrogens with zero attached hydrogens (tertiary/aromatic N) is 2. The van der Waals surface area contributed by atoms with E-state index in [4.69, 9.17) is 10.2 Å². The summed E-state index contributed by atoms with van der Waals surface area (Å²) in [5.74, 6) is 2.15. The first-order valence-electron chi connectivity index (χ1n) is 4.83. The van der Waals surface area contributed by atoms with Gasteiger partial charge in [0.25, 0.3) is 0 Å². The summed E-state index contributed by atoms with van der Waals surface area (Å²) in [6.45, 7) is 1.74. The number of ether oxygens (including phenoxy) is 1. The summed E-state index contributed by atoms with van der Waals surface area (Å²) < 4.78 is 9.71. The minimum Gasteiger partial charge on any atom is -0.468 e. The highest BCUT2D eigenvalue weighted by atomic mass is 32.2. The Labute approximate surface area is 97.9 Å². The number of carbonyl (C=O) groups is 1. The smallest absolute Gasteiger partial charge is 0.322 e. The average Bonchev–Trinajstić information content (AvgIpc) is 2.69. The average molecular weight is 245 g/mol. The van der Waals surface area contributed by atoms with Crippen LogP contribution in [0.25, 0.3) is 0 Å². The summed E-state index contributed by atoms with van der Waals surface area (Å²) in [4.78, 5) is 11.0. The molecule has 90 valence electrons. The standard InChI is InChI=1S/C9H15N3O3S/c1-6-11-12-8(15-6)5-16-4-3-7(10)9(13)14-2/h7H,3-5,10H2,1-2H3. The highest BCUT2D eigenvalue weighted by Crippen LogP contribution is 2.12. The van der Waals surface area contributed by atoms with E-state index in [0.717, 1.165) is 5.75 Å². The van der Waals surface area contributed by atoms with Crippen molar-refractivity contribution >= 4 is 17.7 Å². The van der Waals surface area contributed by atoms with Crippen LogP contribution in [0.2, 0.25) is 0 Å². The Bertz CT molecular complexity index is 342. The number of hydrogen-bond acceptors (Lipinski definition) is 7. The van der Waals surface area contributed by atoms with E-state index in [2.05, 4.69) is 14.9 Å². The Morgan fingerprint density at radius 1 is 1.62 bits per heavy atom. The fraction of sp³-hybridized carbons (Fsp3) is 0.667. The Balaban J connectivity index is 2.14. The van der Waals surface area contributed by atoms with Crippen molar-refractivity contribution in [2.24, 2.45) is 5.73 Å². The van der Waals surface area contributed by atoms with Crippen molar-refractivity contribution in [1.82, 2.24) is 10.2 Å². The fourth-order valence-corrected chi connectivity index (χ4v) is 1.89. The van der Waals surface area contributed by atoms with Crippen molar-refractivity contribution in [3.05, 3.63) is 11.8 Å². The van der Waals surface area contributed by atoms with Gasteiger partial charge in [0.1, 0.15) is 6.04 Å². The van der Waals surface area contributed by atoms with E-state index in [0.29, 0.717) is 24.0 Å². The maximum atomic E-state index is 11.0. The third-order valence-corrected chi connectivity index (χ3v) is 2.85. The van der Waals surface area contributed by atoms with E-state index in [9.17, 15) is 4.79 Å². The maximum absolute atomic E-state index is 11.0. The predicted octanol–water partition coefficient (Wildman–Crippen LogP) is 0.502. The highest BCUT2D eigenvalue weighted by molar-refractivity contribution is 7.98. The molecule has 1 rings (SSSR count). The van der Waals surface area contributed by atoms with Crippen molar-refractivity contribution < 1.29 is 13.9 Å². The summed E-state index contributed by atoms with van der Waals surface area (Å²) in [6.07, 6.45) is 0.574. The lowest BCUT2D eigenvalue weighted by atomic mass is 10.2. The van der Waals surface area contributed by atoms with Crippen LogP contribution in [0.1, 0.15) is 18.2 Å². The van der Waals surface area contributed by atoms with Gasteiger partial charge < -0.3 is 14.9 Å². The van der Waals surface area contributed by atoms with Crippen LogP contribution in [-0.2, 0) is 15.3 Å². The van der Waals surface area contributed by atoms with Crippen LogP contribution in [0.5, 0.6) is 0 Å². The number of methoxy groups -OCH3 is 1. The van der Waals surface area contributed by atoms with Crippen LogP contribution in [-0.4, -0.2) is 35.1 Å². The summed E-state index contributed by atoms with van der Waals surface area (Å²) in [5, 5.41) is 7.57. The van der Waals surface area contributed by atoms with E-state index in [1.165, 1.54) is 7.11 Å². The van der Waals surface area contributed by atoms with Crippen molar-refractivity contribution in [2.75, 3.05) is 12.9 Å². The molecule has 1 aromatic rings. The zero-order chi connectivity index (χ0) is 12.0. The number of nitrogens with two attached hydrogens (primary N) is 1. The van der Waals surface area contributed by atoms with Gasteiger partial charge in [-0.1, -0.05) is 0 Å². The van der Waals surface area contributed by atoms with E-state index in [1.54, 1.807) is 18.7 Å². The van der Waals surface area contributed by atoms with Crippen molar-refractivity contribution in [3.63, 3.8) is 0 Å². The van der Waals surface area contributed by atoms with Gasteiger partial charge in [-0.2, -0.15) is 11.8 Å². The van der Waals surface area contributed by atoms with Gasteiger partial charge in [-0.05, 0) is 12.2 Å². The Hall–Kier alpha value is -1.08. The number of aromatic nitrogens is 2. The van der Waals surface area contributed by atoms with Crippen molar-refractivity contribution in [2.45, 2.75) is 25.1 Å². The van der Waals surface area contributed by atoms with Gasteiger partial charge in [0.2, 0.25) is 11.8 Å².